The van der Waals surface area contributed by atoms with Crippen LogP contribution in [-0.4, -0.2) is 34.4 Å². The van der Waals surface area contributed by atoms with Crippen molar-refractivity contribution >= 4 is 35.1 Å². The van der Waals surface area contributed by atoms with Crippen molar-refractivity contribution in [1.82, 2.24) is 15.3 Å². The Morgan fingerprint density at radius 2 is 1.96 bits per heavy atom. The maximum atomic E-state index is 12.2. The van der Waals surface area contributed by atoms with Gasteiger partial charge in [0.1, 0.15) is 0 Å². The number of aliphatic imine (C=N–C) groups is 1. The summed E-state index contributed by atoms with van der Waals surface area (Å²) in [4.78, 5) is 23.5. The summed E-state index contributed by atoms with van der Waals surface area (Å²) in [5, 5.41) is 3.00. The number of carbonyl (C=O) groups excluding carboxylic acids is 1. The second kappa shape index (κ2) is 8.11. The zero-order valence-corrected chi connectivity index (χ0v) is 14.1. The zero-order chi connectivity index (χ0) is 17.7. The van der Waals surface area contributed by atoms with Crippen LogP contribution < -0.4 is 28.3 Å². The summed E-state index contributed by atoms with van der Waals surface area (Å²) < 4.78 is 0. The second-order valence-electron chi connectivity index (χ2n) is 5.81. The Labute approximate surface area is 145 Å². The van der Waals surface area contributed by atoms with E-state index in [0.29, 0.717) is 12.5 Å². The van der Waals surface area contributed by atoms with Crippen molar-refractivity contribution in [2.75, 3.05) is 18.0 Å². The number of aromatic nitrogens is 2. The molecule has 9 nitrogen and oxygen atoms in total. The van der Waals surface area contributed by atoms with Crippen LogP contribution in [0.5, 0.6) is 0 Å². The van der Waals surface area contributed by atoms with E-state index in [1.807, 2.05) is 0 Å². The van der Waals surface area contributed by atoms with Crippen LogP contribution in [0.15, 0.2) is 4.99 Å². The highest BCUT2D eigenvalue weighted by atomic mass is 35.5. The number of nitrogens with zero attached hydrogens (tertiary/aromatic N) is 3. The number of hydrogen-bond donors (Lipinski definition) is 5. The standard InChI is InChI=1S/C14H23ClN8O/c15-10-12(18)22-11(17)9(21-10)13(24)23-14(19)20-8-4-2-1-3-7(8)5-6-16/h7-8H,1-6,16H2,(H4,17,18,22)(H3,19,20,23,24). The Morgan fingerprint density at radius 3 is 2.67 bits per heavy atom. The van der Waals surface area contributed by atoms with Gasteiger partial charge in [0.15, 0.2) is 28.4 Å². The molecule has 1 saturated carbocycles. The van der Waals surface area contributed by atoms with Gasteiger partial charge >= 0.3 is 5.91 Å². The van der Waals surface area contributed by atoms with Crippen molar-refractivity contribution in [3.63, 3.8) is 0 Å². The molecular formula is C14H23ClN8O. The highest BCUT2D eigenvalue weighted by Gasteiger charge is 2.25. The molecule has 0 aliphatic heterocycles. The highest BCUT2D eigenvalue weighted by molar-refractivity contribution is 6.31. The predicted octanol–water partition coefficient (Wildman–Crippen LogP) is 0.247. The lowest BCUT2D eigenvalue weighted by atomic mass is 9.82. The Morgan fingerprint density at radius 1 is 1.25 bits per heavy atom. The number of carbonyl (C=O) groups is 1. The summed E-state index contributed by atoms with van der Waals surface area (Å²) in [5.74, 6) is -0.477. The number of anilines is 2. The van der Waals surface area contributed by atoms with E-state index in [1.165, 1.54) is 6.42 Å². The average molecular weight is 355 g/mol. The molecule has 9 N–H and O–H groups in total. The minimum atomic E-state index is -0.724. The Kier molecular flexibility index (Phi) is 6.16. The normalized spacial score (nSPS) is 21.5. The van der Waals surface area contributed by atoms with Crippen LogP contribution in [0.2, 0.25) is 5.15 Å². The number of nitrogens with one attached hydrogen (secondary N) is 1. The van der Waals surface area contributed by atoms with Crippen LogP contribution in [0.3, 0.4) is 0 Å². The predicted molar refractivity (Wildman–Crippen MR) is 94.4 cm³/mol. The third-order valence-electron chi connectivity index (χ3n) is 4.11. The van der Waals surface area contributed by atoms with Crippen molar-refractivity contribution in [3.05, 3.63) is 10.8 Å². The lowest BCUT2D eigenvalue weighted by Gasteiger charge is -2.32. The van der Waals surface area contributed by atoms with E-state index in [0.717, 1.165) is 25.7 Å². The molecule has 0 spiro atoms. The van der Waals surface area contributed by atoms with Crippen molar-refractivity contribution in [2.24, 2.45) is 22.4 Å². The van der Waals surface area contributed by atoms with E-state index >= 15 is 0 Å². The molecule has 1 aliphatic rings. The maximum absolute atomic E-state index is 12.2. The van der Waals surface area contributed by atoms with Crippen LogP contribution in [0.4, 0.5) is 11.6 Å². The zero-order valence-electron chi connectivity index (χ0n) is 13.3. The van der Waals surface area contributed by atoms with Gasteiger partial charge in [0.25, 0.3) is 0 Å². The highest BCUT2D eigenvalue weighted by Crippen LogP contribution is 2.26. The van der Waals surface area contributed by atoms with E-state index < -0.39 is 5.91 Å². The lowest BCUT2D eigenvalue weighted by Crippen LogP contribution is -2.46. The quantitative estimate of drug-likeness (QED) is 0.378. The fraction of sp³-hybridized carbons (Fsp3) is 0.571. The number of guanidine groups is 1. The molecule has 1 amide bonds. The van der Waals surface area contributed by atoms with E-state index in [9.17, 15) is 4.79 Å². The monoisotopic (exact) mass is 354 g/mol. The molecule has 1 heterocycles. The summed E-state index contributed by atoms with van der Waals surface area (Å²) in [7, 11) is 0. The van der Waals surface area contributed by atoms with Crippen molar-refractivity contribution in [3.8, 4) is 0 Å². The molecule has 1 aliphatic carbocycles. The minimum absolute atomic E-state index is 0.0167. The summed E-state index contributed by atoms with van der Waals surface area (Å²) in [6, 6.07) is 0.150. The Balaban J connectivity index is 2.09. The molecule has 1 aromatic rings. The summed E-state index contributed by atoms with van der Waals surface area (Å²) in [6.07, 6.45) is 5.23. The number of halogens is 1. The maximum Gasteiger partial charge on any atom is 0.302 e. The molecule has 10 heteroatoms. The first-order valence-corrected chi connectivity index (χ1v) is 8.23. The molecule has 2 atom stereocenters. The first-order chi connectivity index (χ1) is 11.4. The van der Waals surface area contributed by atoms with Gasteiger partial charge in [-0.3, -0.25) is 4.79 Å². The largest absolute Gasteiger partial charge is 0.382 e. The molecule has 0 saturated heterocycles. The number of rotatable bonds is 4. The first kappa shape index (κ1) is 18.2. The molecule has 0 radical (unpaired) electrons. The van der Waals surface area contributed by atoms with Gasteiger partial charge in [0.05, 0.1) is 0 Å². The van der Waals surface area contributed by atoms with Crippen LogP contribution in [0, 0.1) is 5.92 Å². The number of nitrogen functional groups attached to an aromatic ring is 2. The first-order valence-electron chi connectivity index (χ1n) is 7.86. The SMILES string of the molecule is NCCC1CCCCC1N/C(N)=N/C(=O)c1nc(Cl)c(N)nc1N. The number of amides is 1. The number of nitrogens with two attached hydrogens (primary N) is 4. The van der Waals surface area contributed by atoms with Crippen LogP contribution in [0.25, 0.3) is 0 Å². The molecule has 1 aromatic heterocycles. The molecule has 0 aromatic carbocycles. The van der Waals surface area contributed by atoms with E-state index in [-0.39, 0.29) is 34.5 Å². The average Bonchev–Trinajstić information content (AvgIpc) is 2.52. The molecule has 24 heavy (non-hydrogen) atoms. The summed E-state index contributed by atoms with van der Waals surface area (Å²) in [5.41, 5.74) is 22.5. The van der Waals surface area contributed by atoms with Gasteiger partial charge in [-0.1, -0.05) is 24.4 Å². The van der Waals surface area contributed by atoms with Crippen molar-refractivity contribution in [1.29, 1.82) is 0 Å². The van der Waals surface area contributed by atoms with Crippen LogP contribution >= 0.6 is 11.6 Å². The van der Waals surface area contributed by atoms with Gasteiger partial charge in [-0.25, -0.2) is 9.97 Å². The Hall–Kier alpha value is -2.13. The third-order valence-corrected chi connectivity index (χ3v) is 4.39. The molecular weight excluding hydrogens is 332 g/mol. The summed E-state index contributed by atoms with van der Waals surface area (Å²) in [6.45, 7) is 0.620. The van der Waals surface area contributed by atoms with Gasteiger partial charge in [0, 0.05) is 6.04 Å². The molecule has 1 fully saturated rings. The second-order valence-corrected chi connectivity index (χ2v) is 6.17. The van der Waals surface area contributed by atoms with Gasteiger partial charge in [0.2, 0.25) is 0 Å². The summed E-state index contributed by atoms with van der Waals surface area (Å²) >= 11 is 5.76. The van der Waals surface area contributed by atoms with Gasteiger partial charge in [-0.15, -0.1) is 0 Å². The molecule has 132 valence electrons. The fourth-order valence-corrected chi connectivity index (χ4v) is 3.07. The minimum Gasteiger partial charge on any atom is -0.382 e. The van der Waals surface area contributed by atoms with Crippen molar-refractivity contribution < 1.29 is 4.79 Å². The molecule has 0 bridgehead atoms. The third kappa shape index (κ3) is 4.45. The fourth-order valence-electron chi connectivity index (χ4n) is 2.94. The lowest BCUT2D eigenvalue weighted by molar-refractivity contribution is 0.0998. The molecule has 2 rings (SSSR count). The van der Waals surface area contributed by atoms with E-state index in [4.69, 9.17) is 34.5 Å². The topological polar surface area (TPSA) is 171 Å². The van der Waals surface area contributed by atoms with Gasteiger partial charge < -0.3 is 28.3 Å². The van der Waals surface area contributed by atoms with E-state index in [1.54, 1.807) is 0 Å². The smallest absolute Gasteiger partial charge is 0.302 e. The van der Waals surface area contributed by atoms with Gasteiger partial charge in [-0.2, -0.15) is 4.99 Å². The van der Waals surface area contributed by atoms with Crippen molar-refractivity contribution in [2.45, 2.75) is 38.1 Å². The Bertz CT molecular complexity index is 633. The molecule has 2 unspecified atom stereocenters. The van der Waals surface area contributed by atoms with Gasteiger partial charge in [-0.05, 0) is 31.7 Å². The number of hydrogen-bond acceptors (Lipinski definition) is 6. The van der Waals surface area contributed by atoms with Crippen LogP contribution in [0.1, 0.15) is 42.6 Å². The van der Waals surface area contributed by atoms with Crippen LogP contribution in [-0.2, 0) is 0 Å². The van der Waals surface area contributed by atoms with E-state index in [2.05, 4.69) is 20.3 Å².